The third kappa shape index (κ3) is 5.94. The maximum absolute atomic E-state index is 11.5. The first-order chi connectivity index (χ1) is 10.3. The predicted octanol–water partition coefficient (Wildman–Crippen LogP) is 2.37. The van der Waals surface area contributed by atoms with Crippen LogP contribution in [0.5, 0.6) is 0 Å². The third-order valence-corrected chi connectivity index (χ3v) is 2.73. The van der Waals surface area contributed by atoms with Crippen LogP contribution in [0, 0.1) is 11.8 Å². The number of hydrogen-bond donors (Lipinski definition) is 1. The summed E-state index contributed by atoms with van der Waals surface area (Å²) in [4.78, 5) is 11.5. The van der Waals surface area contributed by atoms with Gasteiger partial charge < -0.3 is 10.1 Å². The molecule has 2 rings (SSSR count). The van der Waals surface area contributed by atoms with Crippen molar-refractivity contribution >= 4 is 5.91 Å². The minimum atomic E-state index is -0.159. The molecular weight excluding hydrogens is 262 g/mol. The molecule has 21 heavy (non-hydrogen) atoms. The maximum atomic E-state index is 11.5. The van der Waals surface area contributed by atoms with Crippen LogP contribution in [-0.2, 0) is 16.1 Å². The summed E-state index contributed by atoms with van der Waals surface area (Å²) in [5, 5.41) is 2.70. The molecule has 0 aliphatic heterocycles. The van der Waals surface area contributed by atoms with Crippen molar-refractivity contribution in [2.75, 3.05) is 13.2 Å². The Morgan fingerprint density at radius 3 is 2.38 bits per heavy atom. The number of nitrogens with one attached hydrogen (secondary N) is 1. The Labute approximate surface area is 125 Å². The van der Waals surface area contributed by atoms with Crippen molar-refractivity contribution in [3.8, 4) is 11.8 Å². The van der Waals surface area contributed by atoms with Crippen LogP contribution < -0.4 is 5.32 Å². The van der Waals surface area contributed by atoms with Gasteiger partial charge in [-0.2, -0.15) is 0 Å². The molecule has 0 unspecified atom stereocenters. The fourth-order valence-corrected chi connectivity index (χ4v) is 1.70. The smallest absolute Gasteiger partial charge is 0.246 e. The van der Waals surface area contributed by atoms with Crippen LogP contribution >= 0.6 is 0 Å². The van der Waals surface area contributed by atoms with E-state index in [1.807, 2.05) is 60.7 Å². The number of carbonyl (C=O) groups is 1. The molecule has 1 amide bonds. The predicted molar refractivity (Wildman–Crippen MR) is 82.4 cm³/mol. The number of amides is 1. The molecule has 0 atom stereocenters. The van der Waals surface area contributed by atoms with Gasteiger partial charge in [-0.05, 0) is 17.7 Å². The van der Waals surface area contributed by atoms with Crippen molar-refractivity contribution in [1.29, 1.82) is 0 Å². The fourth-order valence-electron chi connectivity index (χ4n) is 1.70. The van der Waals surface area contributed by atoms with E-state index in [4.69, 9.17) is 4.74 Å². The molecule has 2 aromatic rings. The lowest BCUT2D eigenvalue weighted by Gasteiger charge is -2.04. The van der Waals surface area contributed by atoms with Crippen LogP contribution in [0.4, 0.5) is 0 Å². The fraction of sp³-hybridized carbons (Fsp3) is 0.167. The second-order valence-electron chi connectivity index (χ2n) is 4.42. The Morgan fingerprint density at radius 1 is 1.00 bits per heavy atom. The van der Waals surface area contributed by atoms with E-state index in [-0.39, 0.29) is 12.5 Å². The van der Waals surface area contributed by atoms with Crippen molar-refractivity contribution in [2.45, 2.75) is 6.61 Å². The first-order valence-electron chi connectivity index (χ1n) is 6.77. The standard InChI is InChI=1S/C18H17NO2/c20-18(15-21-14-17-10-5-2-6-11-17)19-13-7-12-16-8-3-1-4-9-16/h1-6,8-11H,13-15H2,(H,19,20). The van der Waals surface area contributed by atoms with Gasteiger partial charge in [0.1, 0.15) is 6.61 Å². The summed E-state index contributed by atoms with van der Waals surface area (Å²) in [6.45, 7) is 0.800. The third-order valence-electron chi connectivity index (χ3n) is 2.73. The first-order valence-corrected chi connectivity index (χ1v) is 6.77. The molecule has 3 heteroatoms. The molecule has 0 fully saturated rings. The van der Waals surface area contributed by atoms with Crippen molar-refractivity contribution in [1.82, 2.24) is 5.32 Å². The quantitative estimate of drug-likeness (QED) is 0.853. The van der Waals surface area contributed by atoms with Crippen molar-refractivity contribution in [3.05, 3.63) is 71.8 Å². The highest BCUT2D eigenvalue weighted by atomic mass is 16.5. The van der Waals surface area contributed by atoms with Crippen molar-refractivity contribution in [2.24, 2.45) is 0 Å². The summed E-state index contributed by atoms with van der Waals surface area (Å²) >= 11 is 0. The zero-order valence-electron chi connectivity index (χ0n) is 11.7. The van der Waals surface area contributed by atoms with Crippen LogP contribution in [0.1, 0.15) is 11.1 Å². The largest absolute Gasteiger partial charge is 0.367 e. The monoisotopic (exact) mass is 279 g/mol. The summed E-state index contributed by atoms with van der Waals surface area (Å²) in [6.07, 6.45) is 0. The Balaban J connectivity index is 1.63. The topological polar surface area (TPSA) is 38.3 Å². The number of hydrogen-bond acceptors (Lipinski definition) is 2. The minimum Gasteiger partial charge on any atom is -0.367 e. The SMILES string of the molecule is O=C(COCc1ccccc1)NCC#Cc1ccccc1. The summed E-state index contributed by atoms with van der Waals surface area (Å²) in [7, 11) is 0. The van der Waals surface area contributed by atoms with Crippen molar-refractivity contribution in [3.63, 3.8) is 0 Å². The molecule has 0 spiro atoms. The summed E-state index contributed by atoms with van der Waals surface area (Å²) < 4.78 is 5.34. The average molecular weight is 279 g/mol. The maximum Gasteiger partial charge on any atom is 0.246 e. The second-order valence-corrected chi connectivity index (χ2v) is 4.42. The Bertz CT molecular complexity index is 612. The zero-order valence-corrected chi connectivity index (χ0v) is 11.7. The van der Waals surface area contributed by atoms with E-state index in [1.54, 1.807) is 0 Å². The van der Waals surface area contributed by atoms with E-state index >= 15 is 0 Å². The second kappa shape index (κ2) is 8.57. The molecular formula is C18H17NO2. The molecule has 0 bridgehead atoms. The van der Waals surface area contributed by atoms with E-state index in [2.05, 4.69) is 17.2 Å². The molecule has 1 N–H and O–H groups in total. The van der Waals surface area contributed by atoms with Crippen LogP contribution in [-0.4, -0.2) is 19.1 Å². The van der Waals surface area contributed by atoms with Gasteiger partial charge in [0, 0.05) is 5.56 Å². The molecule has 0 aromatic heterocycles. The van der Waals surface area contributed by atoms with Gasteiger partial charge in [-0.1, -0.05) is 60.4 Å². The minimum absolute atomic E-state index is 0.0436. The van der Waals surface area contributed by atoms with Gasteiger partial charge >= 0.3 is 0 Å². The molecule has 106 valence electrons. The van der Waals surface area contributed by atoms with E-state index in [1.165, 1.54) is 0 Å². The summed E-state index contributed by atoms with van der Waals surface area (Å²) in [5.74, 6) is 5.72. The van der Waals surface area contributed by atoms with E-state index in [0.29, 0.717) is 13.2 Å². The molecule has 2 aromatic carbocycles. The molecule has 0 saturated carbocycles. The van der Waals surface area contributed by atoms with Gasteiger partial charge in [-0.3, -0.25) is 4.79 Å². The average Bonchev–Trinajstić information content (AvgIpc) is 2.54. The number of carbonyl (C=O) groups excluding carboxylic acids is 1. The molecule has 3 nitrogen and oxygen atoms in total. The molecule has 0 aliphatic carbocycles. The molecule has 0 aliphatic rings. The van der Waals surface area contributed by atoms with Gasteiger partial charge in [0.2, 0.25) is 5.91 Å². The number of ether oxygens (including phenoxy) is 1. The molecule has 0 radical (unpaired) electrons. The van der Waals surface area contributed by atoms with Crippen molar-refractivity contribution < 1.29 is 9.53 Å². The molecule has 0 saturated heterocycles. The summed E-state index contributed by atoms with van der Waals surface area (Å²) in [5.41, 5.74) is 1.99. The Morgan fingerprint density at radius 2 is 1.67 bits per heavy atom. The highest BCUT2D eigenvalue weighted by molar-refractivity contribution is 5.77. The normalized spacial score (nSPS) is 9.52. The van der Waals surface area contributed by atoms with Gasteiger partial charge in [0.25, 0.3) is 0 Å². The molecule has 0 heterocycles. The van der Waals surface area contributed by atoms with Crippen LogP contribution in [0.25, 0.3) is 0 Å². The number of rotatable bonds is 5. The van der Waals surface area contributed by atoms with Gasteiger partial charge in [0.15, 0.2) is 0 Å². The lowest BCUT2D eigenvalue weighted by molar-refractivity contribution is -0.125. The Kier molecular flexibility index (Phi) is 6.05. The van der Waals surface area contributed by atoms with Gasteiger partial charge in [0.05, 0.1) is 13.2 Å². The van der Waals surface area contributed by atoms with Gasteiger partial charge in [-0.15, -0.1) is 0 Å². The highest BCUT2D eigenvalue weighted by Gasteiger charge is 1.99. The van der Waals surface area contributed by atoms with Crippen LogP contribution in [0.3, 0.4) is 0 Å². The zero-order chi connectivity index (χ0) is 14.8. The van der Waals surface area contributed by atoms with Crippen LogP contribution in [0.2, 0.25) is 0 Å². The van der Waals surface area contributed by atoms with E-state index in [0.717, 1.165) is 11.1 Å². The van der Waals surface area contributed by atoms with Crippen LogP contribution in [0.15, 0.2) is 60.7 Å². The first kappa shape index (κ1) is 14.8. The summed E-state index contributed by atoms with van der Waals surface area (Å²) in [6, 6.07) is 19.4. The lowest BCUT2D eigenvalue weighted by atomic mass is 10.2. The van der Waals surface area contributed by atoms with E-state index in [9.17, 15) is 4.79 Å². The van der Waals surface area contributed by atoms with E-state index < -0.39 is 0 Å². The lowest BCUT2D eigenvalue weighted by Crippen LogP contribution is -2.27. The highest BCUT2D eigenvalue weighted by Crippen LogP contribution is 1.99. The Hall–Kier alpha value is -2.57. The van der Waals surface area contributed by atoms with Gasteiger partial charge in [-0.25, -0.2) is 0 Å². The number of benzene rings is 2.